The van der Waals surface area contributed by atoms with Gasteiger partial charge in [-0.2, -0.15) is 0 Å². The topological polar surface area (TPSA) is 77.5 Å². The summed E-state index contributed by atoms with van der Waals surface area (Å²) in [5.41, 5.74) is 1.56. The van der Waals surface area contributed by atoms with Crippen LogP contribution in [0.15, 0.2) is 39.5 Å². The number of hydrogen-bond acceptors (Lipinski definition) is 5. The molecule has 1 saturated carbocycles. The molecule has 1 N–H and O–H groups in total. The van der Waals surface area contributed by atoms with Crippen molar-refractivity contribution in [2.45, 2.75) is 31.7 Å². The summed E-state index contributed by atoms with van der Waals surface area (Å²) >= 11 is 0. The van der Waals surface area contributed by atoms with E-state index in [0.717, 1.165) is 35.4 Å². The molecule has 1 fully saturated rings. The van der Waals surface area contributed by atoms with E-state index in [0.29, 0.717) is 23.8 Å². The normalized spacial score (nSPS) is 14.0. The molecule has 2 heterocycles. The summed E-state index contributed by atoms with van der Waals surface area (Å²) in [7, 11) is 1.61. The summed E-state index contributed by atoms with van der Waals surface area (Å²) in [6, 6.07) is 5.57. The van der Waals surface area contributed by atoms with E-state index in [1.807, 2.05) is 18.2 Å². The van der Waals surface area contributed by atoms with E-state index in [1.54, 1.807) is 19.6 Å². The van der Waals surface area contributed by atoms with Gasteiger partial charge in [0.05, 0.1) is 32.5 Å². The van der Waals surface area contributed by atoms with Crippen molar-refractivity contribution in [3.63, 3.8) is 0 Å². The first-order valence-electron chi connectivity index (χ1n) is 7.98. The monoisotopic (exact) mass is 326 g/mol. The van der Waals surface area contributed by atoms with Crippen molar-refractivity contribution in [1.82, 2.24) is 10.3 Å². The van der Waals surface area contributed by atoms with Gasteiger partial charge in [0.2, 0.25) is 5.91 Å². The smallest absolute Gasteiger partial charge is 0.224 e. The highest BCUT2D eigenvalue weighted by atomic mass is 16.5. The number of amides is 1. The summed E-state index contributed by atoms with van der Waals surface area (Å²) in [5, 5.41) is 3.78. The Labute approximate surface area is 138 Å². The maximum atomic E-state index is 12.2. The Morgan fingerprint density at radius 3 is 3.08 bits per heavy atom. The minimum Gasteiger partial charge on any atom is -0.497 e. The van der Waals surface area contributed by atoms with Crippen LogP contribution in [0.5, 0.6) is 5.75 Å². The molecule has 0 aliphatic heterocycles. The van der Waals surface area contributed by atoms with Gasteiger partial charge < -0.3 is 18.9 Å². The largest absolute Gasteiger partial charge is 0.497 e. The highest BCUT2D eigenvalue weighted by Crippen LogP contribution is 2.39. The minimum absolute atomic E-state index is 0.0853. The number of furan rings is 1. The molecule has 1 aliphatic rings. The molecule has 6 nitrogen and oxygen atoms in total. The molecule has 24 heavy (non-hydrogen) atoms. The van der Waals surface area contributed by atoms with Crippen molar-refractivity contribution in [3.05, 3.63) is 47.9 Å². The molecule has 0 unspecified atom stereocenters. The molecule has 0 bridgehead atoms. The molecule has 1 amide bonds. The van der Waals surface area contributed by atoms with Crippen LogP contribution in [0.3, 0.4) is 0 Å². The molecular formula is C18H18N2O4. The first-order chi connectivity index (χ1) is 11.7. The second-order valence-corrected chi connectivity index (χ2v) is 6.02. The van der Waals surface area contributed by atoms with Crippen molar-refractivity contribution in [3.8, 4) is 5.75 Å². The zero-order valence-electron chi connectivity index (χ0n) is 13.4. The van der Waals surface area contributed by atoms with Gasteiger partial charge in [0, 0.05) is 22.9 Å². The third-order valence-electron chi connectivity index (χ3n) is 4.17. The molecule has 0 atom stereocenters. The number of rotatable bonds is 6. The van der Waals surface area contributed by atoms with Crippen LogP contribution in [0.4, 0.5) is 0 Å². The molecule has 6 heteroatoms. The summed E-state index contributed by atoms with van der Waals surface area (Å²) < 4.78 is 16.3. The summed E-state index contributed by atoms with van der Waals surface area (Å²) in [4.78, 5) is 16.4. The lowest BCUT2D eigenvalue weighted by molar-refractivity contribution is -0.120. The Bertz CT molecular complexity index is 876. The van der Waals surface area contributed by atoms with Crippen LogP contribution >= 0.6 is 0 Å². The summed E-state index contributed by atoms with van der Waals surface area (Å²) in [6.45, 7) is 0.349. The lowest BCUT2D eigenvalue weighted by atomic mass is 10.1. The third-order valence-corrected chi connectivity index (χ3v) is 4.17. The quantitative estimate of drug-likeness (QED) is 0.753. The fraction of sp³-hybridized carbons (Fsp3) is 0.333. The third kappa shape index (κ3) is 2.99. The molecule has 0 radical (unpaired) electrons. The summed E-state index contributed by atoms with van der Waals surface area (Å²) in [5.74, 6) is 2.59. The summed E-state index contributed by atoms with van der Waals surface area (Å²) in [6.07, 6.45) is 5.84. The lowest BCUT2D eigenvalue weighted by Crippen LogP contribution is -2.24. The van der Waals surface area contributed by atoms with Crippen molar-refractivity contribution < 1.29 is 18.4 Å². The Kier molecular flexibility index (Phi) is 3.72. The van der Waals surface area contributed by atoms with E-state index >= 15 is 0 Å². The van der Waals surface area contributed by atoms with Gasteiger partial charge in [0.1, 0.15) is 17.1 Å². The van der Waals surface area contributed by atoms with Gasteiger partial charge in [0.25, 0.3) is 0 Å². The van der Waals surface area contributed by atoms with E-state index in [2.05, 4.69) is 10.3 Å². The van der Waals surface area contributed by atoms with E-state index in [4.69, 9.17) is 13.6 Å². The second kappa shape index (κ2) is 6.03. The Hall–Kier alpha value is -2.76. The van der Waals surface area contributed by atoms with Gasteiger partial charge in [-0.15, -0.1) is 0 Å². The number of nitrogens with zero attached hydrogens (tertiary/aromatic N) is 1. The Morgan fingerprint density at radius 1 is 1.42 bits per heavy atom. The molecule has 2 aromatic heterocycles. The second-order valence-electron chi connectivity index (χ2n) is 6.02. The first kappa shape index (κ1) is 14.8. The molecular weight excluding hydrogens is 308 g/mol. The number of methoxy groups -OCH3 is 1. The van der Waals surface area contributed by atoms with E-state index < -0.39 is 0 Å². The van der Waals surface area contributed by atoms with E-state index in [1.165, 1.54) is 0 Å². The van der Waals surface area contributed by atoms with Gasteiger partial charge in [-0.05, 0) is 25.0 Å². The van der Waals surface area contributed by atoms with Gasteiger partial charge in [-0.25, -0.2) is 4.98 Å². The molecule has 0 saturated heterocycles. The fourth-order valence-corrected chi connectivity index (χ4v) is 2.67. The fourth-order valence-electron chi connectivity index (χ4n) is 2.67. The number of carbonyl (C=O) groups excluding carboxylic acids is 1. The van der Waals surface area contributed by atoms with Crippen molar-refractivity contribution in [1.29, 1.82) is 0 Å². The van der Waals surface area contributed by atoms with Gasteiger partial charge in [-0.1, -0.05) is 0 Å². The van der Waals surface area contributed by atoms with Crippen LogP contribution in [-0.4, -0.2) is 18.0 Å². The Morgan fingerprint density at radius 2 is 2.29 bits per heavy atom. The van der Waals surface area contributed by atoms with Crippen molar-refractivity contribution >= 4 is 16.9 Å². The number of hydrogen-bond donors (Lipinski definition) is 1. The molecule has 4 rings (SSSR count). The standard InChI is InChI=1S/C18H18N2O4/c1-22-13-4-5-15-12(10-23-16(15)7-13)6-17(21)19-8-14-9-20-18(24-14)11-2-3-11/h4-5,7,9-11H,2-3,6,8H2,1H3,(H,19,21). The van der Waals surface area contributed by atoms with Crippen LogP contribution in [-0.2, 0) is 17.8 Å². The van der Waals surface area contributed by atoms with Gasteiger partial charge in [0.15, 0.2) is 5.89 Å². The number of nitrogens with one attached hydrogen (secondary N) is 1. The first-order valence-corrected chi connectivity index (χ1v) is 7.98. The van der Waals surface area contributed by atoms with Gasteiger partial charge in [-0.3, -0.25) is 4.79 Å². The maximum Gasteiger partial charge on any atom is 0.224 e. The molecule has 3 aromatic rings. The average molecular weight is 326 g/mol. The molecule has 124 valence electrons. The molecule has 0 spiro atoms. The van der Waals surface area contributed by atoms with Crippen molar-refractivity contribution in [2.75, 3.05) is 7.11 Å². The number of fused-ring (bicyclic) bond motifs is 1. The highest BCUT2D eigenvalue weighted by molar-refractivity contribution is 5.88. The number of ether oxygens (including phenoxy) is 1. The zero-order chi connectivity index (χ0) is 16.5. The highest BCUT2D eigenvalue weighted by Gasteiger charge is 2.28. The van der Waals surface area contributed by atoms with E-state index in [9.17, 15) is 4.79 Å². The van der Waals surface area contributed by atoms with Crippen LogP contribution in [0, 0.1) is 0 Å². The number of aromatic nitrogens is 1. The molecule has 1 aromatic carbocycles. The zero-order valence-corrected chi connectivity index (χ0v) is 13.4. The van der Waals surface area contributed by atoms with Crippen LogP contribution in [0.25, 0.3) is 11.0 Å². The van der Waals surface area contributed by atoms with Crippen LogP contribution in [0.2, 0.25) is 0 Å². The van der Waals surface area contributed by atoms with Gasteiger partial charge >= 0.3 is 0 Å². The molecule has 1 aliphatic carbocycles. The minimum atomic E-state index is -0.0853. The number of carbonyl (C=O) groups is 1. The average Bonchev–Trinajstić information content (AvgIpc) is 3.22. The van der Waals surface area contributed by atoms with Crippen molar-refractivity contribution in [2.24, 2.45) is 0 Å². The predicted octanol–water partition coefficient (Wildman–Crippen LogP) is 3.17. The lowest BCUT2D eigenvalue weighted by Gasteiger charge is -2.02. The SMILES string of the molecule is COc1ccc2c(CC(=O)NCc3cnc(C4CC4)o3)coc2c1. The van der Waals surface area contributed by atoms with Crippen LogP contribution < -0.4 is 10.1 Å². The van der Waals surface area contributed by atoms with E-state index in [-0.39, 0.29) is 12.3 Å². The maximum absolute atomic E-state index is 12.2. The predicted molar refractivity (Wildman–Crippen MR) is 86.8 cm³/mol. The van der Waals surface area contributed by atoms with Crippen LogP contribution in [0.1, 0.15) is 36.0 Å². The Balaban J connectivity index is 1.38. The number of oxazole rings is 1. The number of benzene rings is 1.